The van der Waals surface area contributed by atoms with Gasteiger partial charge < -0.3 is 10.1 Å². The van der Waals surface area contributed by atoms with Gasteiger partial charge in [0.05, 0.1) is 10.2 Å². The number of likely N-dealkylation sites (tertiary alicyclic amines) is 1. The van der Waals surface area contributed by atoms with E-state index in [2.05, 4.69) is 10.3 Å². The average molecular weight is 450 g/mol. The van der Waals surface area contributed by atoms with E-state index in [1.165, 1.54) is 11.3 Å². The van der Waals surface area contributed by atoms with E-state index in [0.29, 0.717) is 23.9 Å². The summed E-state index contributed by atoms with van der Waals surface area (Å²) in [7, 11) is 0. The van der Waals surface area contributed by atoms with Crippen LogP contribution >= 0.6 is 22.9 Å². The van der Waals surface area contributed by atoms with Crippen molar-refractivity contribution >= 4 is 33.2 Å². The van der Waals surface area contributed by atoms with E-state index in [9.17, 15) is 4.39 Å². The molecule has 4 heterocycles. The van der Waals surface area contributed by atoms with Gasteiger partial charge in [0.2, 0.25) is 0 Å². The zero-order chi connectivity index (χ0) is 24.3. The number of nitrogens with zero attached hydrogens (tertiary/aromatic N) is 2. The molecule has 2 aliphatic rings. The summed E-state index contributed by atoms with van der Waals surface area (Å²) in [4.78, 5) is 7.28. The molecule has 0 bridgehead atoms. The Morgan fingerprint density at radius 3 is 2.90 bits per heavy atom. The number of ether oxygens (including phenoxy) is 1. The van der Waals surface area contributed by atoms with Crippen LogP contribution in [-0.4, -0.2) is 48.3 Å². The molecule has 2 aliphatic heterocycles. The molecule has 7 heteroatoms. The maximum atomic E-state index is 14.3. The molecule has 30 heavy (non-hydrogen) atoms. The van der Waals surface area contributed by atoms with E-state index in [1.807, 2.05) is 31.2 Å². The number of alkyl halides is 1. The Labute approximate surface area is 190 Å². The standard InChI is InChI=1S/C23H25ClFN3OS/c1-14-8-15(24)9-18(22(14)29-21-12-26-11-19(21)25)17-4-5-27-20-10-16(30-23(17)20)13-28-6-2-3-7-28/h4-5,8-10,19,21,26H,2-3,6-7,11-13H2,1H3/t19-,21+/m0/s1/i2D2,3D2. The number of nitrogens with one attached hydrogen (secondary N) is 1. The third-order valence-electron chi connectivity index (χ3n) is 5.46. The zero-order valence-electron chi connectivity index (χ0n) is 20.5. The molecule has 2 fully saturated rings. The van der Waals surface area contributed by atoms with Crippen molar-refractivity contribution in [1.29, 1.82) is 0 Å². The number of aromatic nitrogens is 1. The maximum absolute atomic E-state index is 14.3. The van der Waals surface area contributed by atoms with Crippen LogP contribution in [0.2, 0.25) is 5.02 Å². The second kappa shape index (κ2) is 8.42. The lowest BCUT2D eigenvalue weighted by molar-refractivity contribution is 0.140. The first-order chi connectivity index (χ1) is 16.0. The van der Waals surface area contributed by atoms with Crippen LogP contribution < -0.4 is 10.1 Å². The Hall–Kier alpha value is -1.73. The van der Waals surface area contributed by atoms with Crippen LogP contribution in [0.15, 0.2) is 30.5 Å². The third-order valence-corrected chi connectivity index (χ3v) is 6.82. The summed E-state index contributed by atoms with van der Waals surface area (Å²) in [6.45, 7) is 3.13. The highest BCUT2D eigenvalue weighted by molar-refractivity contribution is 7.19. The second-order valence-corrected chi connectivity index (χ2v) is 9.29. The van der Waals surface area contributed by atoms with Crippen LogP contribution in [0.25, 0.3) is 21.3 Å². The first kappa shape index (κ1) is 16.0. The van der Waals surface area contributed by atoms with Gasteiger partial charge in [0.25, 0.3) is 0 Å². The lowest BCUT2D eigenvalue weighted by Crippen LogP contribution is -2.27. The highest BCUT2D eigenvalue weighted by Crippen LogP contribution is 2.42. The smallest absolute Gasteiger partial charge is 0.150 e. The van der Waals surface area contributed by atoms with Gasteiger partial charge in [-0.2, -0.15) is 0 Å². The molecule has 4 nitrogen and oxygen atoms in total. The van der Waals surface area contributed by atoms with Crippen molar-refractivity contribution in [2.24, 2.45) is 0 Å². The number of rotatable bonds is 5. The van der Waals surface area contributed by atoms with E-state index in [1.54, 1.807) is 11.1 Å². The van der Waals surface area contributed by atoms with Gasteiger partial charge in [-0.15, -0.1) is 11.3 Å². The van der Waals surface area contributed by atoms with E-state index >= 15 is 0 Å². The summed E-state index contributed by atoms with van der Waals surface area (Å²) in [5.41, 5.74) is 3.27. The molecule has 158 valence electrons. The minimum absolute atomic E-state index is 0.0415. The molecule has 0 amide bonds. The normalized spacial score (nSPS) is 27.6. The van der Waals surface area contributed by atoms with E-state index < -0.39 is 25.0 Å². The molecule has 0 unspecified atom stereocenters. The summed E-state index contributed by atoms with van der Waals surface area (Å²) < 4.78 is 53.4. The minimum atomic E-state index is -1.89. The first-order valence-electron chi connectivity index (χ1n) is 12.0. The van der Waals surface area contributed by atoms with Crippen LogP contribution in [-0.2, 0) is 6.54 Å². The minimum Gasteiger partial charge on any atom is -0.485 e. The number of benzene rings is 1. The predicted octanol–water partition coefficient (Wildman–Crippen LogP) is 5.21. The number of fused-ring (bicyclic) bond motifs is 1. The monoisotopic (exact) mass is 449 g/mol. The number of halogens is 2. The Morgan fingerprint density at radius 2 is 2.13 bits per heavy atom. The van der Waals surface area contributed by atoms with Gasteiger partial charge in [0.15, 0.2) is 6.17 Å². The quantitative estimate of drug-likeness (QED) is 0.580. The van der Waals surface area contributed by atoms with E-state index in [0.717, 1.165) is 31.8 Å². The molecule has 0 aliphatic carbocycles. The third kappa shape index (κ3) is 3.94. The number of hydrogen-bond acceptors (Lipinski definition) is 5. The fourth-order valence-electron chi connectivity index (χ4n) is 3.98. The highest BCUT2D eigenvalue weighted by atomic mass is 35.5. The maximum Gasteiger partial charge on any atom is 0.150 e. The van der Waals surface area contributed by atoms with Crippen molar-refractivity contribution in [3.63, 3.8) is 0 Å². The van der Waals surface area contributed by atoms with Crippen LogP contribution in [0.5, 0.6) is 5.75 Å². The van der Waals surface area contributed by atoms with Crippen LogP contribution in [0.3, 0.4) is 0 Å². The summed E-state index contributed by atoms with van der Waals surface area (Å²) >= 11 is 7.94. The molecule has 1 N–H and O–H groups in total. The summed E-state index contributed by atoms with van der Waals surface area (Å²) in [5.74, 6) is 0.601. The summed E-state index contributed by atoms with van der Waals surface area (Å²) in [6, 6.07) is 7.50. The van der Waals surface area contributed by atoms with Crippen molar-refractivity contribution in [2.75, 3.05) is 26.2 Å². The average Bonchev–Trinajstić information content (AvgIpc) is 3.38. The number of pyridine rings is 1. The van der Waals surface area contributed by atoms with Gasteiger partial charge in [-0.05, 0) is 62.6 Å². The van der Waals surface area contributed by atoms with Gasteiger partial charge in [-0.1, -0.05) is 11.6 Å². The van der Waals surface area contributed by atoms with Gasteiger partial charge >= 0.3 is 0 Å². The predicted molar refractivity (Wildman–Crippen MR) is 121 cm³/mol. The first-order valence-corrected chi connectivity index (χ1v) is 11.2. The molecule has 0 spiro atoms. The van der Waals surface area contributed by atoms with Crippen LogP contribution in [0, 0.1) is 6.92 Å². The molecule has 2 saturated heterocycles. The second-order valence-electron chi connectivity index (χ2n) is 7.71. The largest absolute Gasteiger partial charge is 0.485 e. The van der Waals surface area contributed by atoms with Crippen molar-refractivity contribution in [3.05, 3.63) is 45.9 Å². The van der Waals surface area contributed by atoms with Crippen molar-refractivity contribution < 1.29 is 14.6 Å². The van der Waals surface area contributed by atoms with E-state index in [-0.39, 0.29) is 19.6 Å². The van der Waals surface area contributed by atoms with Crippen LogP contribution in [0.1, 0.15) is 28.7 Å². The molecule has 2 aromatic heterocycles. The zero-order valence-corrected chi connectivity index (χ0v) is 18.1. The molecule has 3 aromatic rings. The number of hydrogen-bond donors (Lipinski definition) is 1. The van der Waals surface area contributed by atoms with Crippen molar-refractivity contribution in [1.82, 2.24) is 15.2 Å². The Morgan fingerprint density at radius 1 is 1.30 bits per heavy atom. The topological polar surface area (TPSA) is 37.4 Å². The molecular weight excluding hydrogens is 421 g/mol. The molecule has 0 radical (unpaired) electrons. The molecule has 1 aromatic carbocycles. The van der Waals surface area contributed by atoms with Crippen molar-refractivity contribution in [3.8, 4) is 16.9 Å². The number of thiophene rings is 1. The Bertz CT molecular complexity index is 1220. The van der Waals surface area contributed by atoms with Crippen molar-refractivity contribution in [2.45, 2.75) is 38.5 Å². The fourth-order valence-corrected chi connectivity index (χ4v) is 5.43. The lowest BCUT2D eigenvalue weighted by atomic mass is 10.0. The van der Waals surface area contributed by atoms with E-state index in [4.69, 9.17) is 21.8 Å². The summed E-state index contributed by atoms with van der Waals surface area (Å²) in [5, 5.41) is 3.58. The molecule has 2 atom stereocenters. The molecular formula is C23H25ClFN3OS. The summed E-state index contributed by atoms with van der Waals surface area (Å²) in [6.07, 6.45) is -3.72. The van der Waals surface area contributed by atoms with Crippen LogP contribution in [0.4, 0.5) is 4.39 Å². The van der Waals surface area contributed by atoms with Gasteiger partial charge in [-0.25, -0.2) is 4.39 Å². The number of aryl methyl sites for hydroxylation is 1. The highest BCUT2D eigenvalue weighted by Gasteiger charge is 2.30. The SMILES string of the molecule is [2H]C1([2H])CN(Cc2cc3nccc(-c4cc(Cl)cc(C)c4O[C@@H]4CNC[C@@H]4F)c3s2)CC1([2H])[2H]. The molecule has 5 rings (SSSR count). The Kier molecular flexibility index (Phi) is 4.49. The van der Waals surface area contributed by atoms with Gasteiger partial charge in [0, 0.05) is 52.3 Å². The lowest BCUT2D eigenvalue weighted by Gasteiger charge is -2.20. The van der Waals surface area contributed by atoms with Gasteiger partial charge in [0.1, 0.15) is 11.9 Å². The van der Waals surface area contributed by atoms with Gasteiger partial charge in [-0.3, -0.25) is 9.88 Å². The Balaban J connectivity index is 1.51. The molecule has 0 saturated carbocycles. The fraction of sp³-hybridized carbons (Fsp3) is 0.435.